The third kappa shape index (κ3) is 1.62. The van der Waals surface area contributed by atoms with Crippen LogP contribution in [0.4, 0.5) is 0 Å². The molecule has 0 amide bonds. The van der Waals surface area contributed by atoms with Crippen molar-refractivity contribution >= 4 is 17.7 Å². The largest absolute Gasteiger partial charge is 0.480 e. The van der Waals surface area contributed by atoms with E-state index in [-0.39, 0.29) is 5.25 Å². The average molecular weight is 163 g/mol. The monoisotopic (exact) mass is 163 g/mol. The van der Waals surface area contributed by atoms with Gasteiger partial charge in [0.05, 0.1) is 0 Å². The first-order valence-corrected chi connectivity index (χ1v) is 3.98. The molecule has 0 aromatic carbocycles. The lowest BCUT2D eigenvalue weighted by Gasteiger charge is -2.25. The molecule has 2 unspecified atom stereocenters. The van der Waals surface area contributed by atoms with E-state index in [0.29, 0.717) is 5.94 Å². The summed E-state index contributed by atoms with van der Waals surface area (Å²) in [4.78, 5) is 15.2. The number of thioether (sulfide) groups is 1. The molecule has 0 aliphatic carbocycles. The molecule has 0 saturated carbocycles. The Morgan fingerprint density at radius 2 is 2.60 bits per heavy atom. The Bertz CT molecular complexity index is 141. The quantitative estimate of drug-likeness (QED) is 0.572. The molecule has 1 aliphatic heterocycles. The van der Waals surface area contributed by atoms with Crippen LogP contribution in [0.5, 0.6) is 0 Å². The lowest BCUT2D eigenvalue weighted by Crippen LogP contribution is -2.46. The first kappa shape index (κ1) is 7.84. The van der Waals surface area contributed by atoms with E-state index in [1.807, 2.05) is 6.92 Å². The Morgan fingerprint density at radius 3 is 3.00 bits per heavy atom. The maximum Gasteiger partial charge on any atom is 0.324 e. The minimum Gasteiger partial charge on any atom is -0.480 e. The SMILES string of the molecule is CC1SCONC1C(=O)O. The molecule has 1 heterocycles. The molecular weight excluding hydrogens is 154 g/mol. The molecule has 1 rings (SSSR count). The van der Waals surface area contributed by atoms with Crippen molar-refractivity contribution in [3.05, 3.63) is 0 Å². The van der Waals surface area contributed by atoms with Gasteiger partial charge >= 0.3 is 5.97 Å². The second-order valence-electron chi connectivity index (χ2n) is 2.07. The van der Waals surface area contributed by atoms with Gasteiger partial charge in [0.15, 0.2) is 0 Å². The van der Waals surface area contributed by atoms with Crippen LogP contribution >= 0.6 is 11.8 Å². The minimum absolute atomic E-state index is 0.0752. The van der Waals surface area contributed by atoms with Gasteiger partial charge in [0.2, 0.25) is 0 Å². The molecule has 1 aliphatic rings. The maximum atomic E-state index is 10.4. The van der Waals surface area contributed by atoms with Gasteiger partial charge in [-0.3, -0.25) is 9.63 Å². The van der Waals surface area contributed by atoms with Gasteiger partial charge in [0, 0.05) is 5.25 Å². The summed E-state index contributed by atoms with van der Waals surface area (Å²) in [6, 6.07) is -0.571. The van der Waals surface area contributed by atoms with E-state index >= 15 is 0 Å². The molecule has 4 nitrogen and oxygen atoms in total. The van der Waals surface area contributed by atoms with Gasteiger partial charge in [-0.25, -0.2) is 0 Å². The number of carbonyl (C=O) groups is 1. The zero-order valence-corrected chi connectivity index (χ0v) is 6.35. The van der Waals surface area contributed by atoms with Crippen LogP contribution in [0.15, 0.2) is 0 Å². The van der Waals surface area contributed by atoms with Crippen molar-refractivity contribution in [1.82, 2.24) is 5.48 Å². The standard InChI is InChI=1S/C5H9NO3S/c1-3-4(5(7)8)6-9-2-10-3/h3-4,6H,2H2,1H3,(H,7,8). The van der Waals surface area contributed by atoms with Crippen molar-refractivity contribution in [1.29, 1.82) is 0 Å². The molecule has 0 aromatic rings. The normalized spacial score (nSPS) is 33.7. The molecule has 0 bridgehead atoms. The molecule has 1 fully saturated rings. The number of hydrogen-bond acceptors (Lipinski definition) is 4. The summed E-state index contributed by atoms with van der Waals surface area (Å²) in [6.07, 6.45) is 0. The summed E-state index contributed by atoms with van der Waals surface area (Å²) in [5.41, 5.74) is 2.45. The first-order chi connectivity index (χ1) is 4.72. The molecule has 2 N–H and O–H groups in total. The molecule has 10 heavy (non-hydrogen) atoms. The predicted molar refractivity (Wildman–Crippen MR) is 37.6 cm³/mol. The molecule has 1 saturated heterocycles. The fourth-order valence-corrected chi connectivity index (χ4v) is 1.42. The molecule has 0 radical (unpaired) electrons. The third-order valence-electron chi connectivity index (χ3n) is 1.34. The smallest absolute Gasteiger partial charge is 0.324 e. The zero-order chi connectivity index (χ0) is 7.56. The summed E-state index contributed by atoms with van der Waals surface area (Å²) in [5.74, 6) is -0.343. The molecule has 58 valence electrons. The highest BCUT2D eigenvalue weighted by Crippen LogP contribution is 2.18. The van der Waals surface area contributed by atoms with Gasteiger partial charge in [0.1, 0.15) is 12.0 Å². The molecule has 0 spiro atoms. The highest BCUT2D eigenvalue weighted by molar-refractivity contribution is 7.99. The van der Waals surface area contributed by atoms with Gasteiger partial charge in [-0.2, -0.15) is 5.48 Å². The number of carboxylic acid groups (broad SMARTS) is 1. The second kappa shape index (κ2) is 3.23. The van der Waals surface area contributed by atoms with E-state index in [1.165, 1.54) is 11.8 Å². The Kier molecular flexibility index (Phi) is 2.53. The maximum absolute atomic E-state index is 10.4. The molecular formula is C5H9NO3S. The van der Waals surface area contributed by atoms with Crippen molar-refractivity contribution < 1.29 is 14.7 Å². The van der Waals surface area contributed by atoms with Gasteiger partial charge < -0.3 is 5.11 Å². The van der Waals surface area contributed by atoms with Gasteiger partial charge in [-0.1, -0.05) is 6.92 Å². The molecule has 2 atom stereocenters. The topological polar surface area (TPSA) is 58.6 Å². The number of hydroxylamine groups is 1. The van der Waals surface area contributed by atoms with E-state index in [0.717, 1.165) is 0 Å². The van der Waals surface area contributed by atoms with Crippen LogP contribution in [0.1, 0.15) is 6.92 Å². The van der Waals surface area contributed by atoms with Crippen LogP contribution in [-0.2, 0) is 9.63 Å². The first-order valence-electron chi connectivity index (χ1n) is 2.93. The van der Waals surface area contributed by atoms with Crippen molar-refractivity contribution in [2.45, 2.75) is 18.2 Å². The predicted octanol–water partition coefficient (Wildman–Crippen LogP) is 0.0536. The summed E-state index contributed by atoms with van der Waals surface area (Å²) in [7, 11) is 0. The summed E-state index contributed by atoms with van der Waals surface area (Å²) < 4.78 is 0. The van der Waals surface area contributed by atoms with E-state index in [1.54, 1.807) is 0 Å². The van der Waals surface area contributed by atoms with Crippen molar-refractivity contribution in [3.8, 4) is 0 Å². The van der Waals surface area contributed by atoms with Crippen LogP contribution in [-0.4, -0.2) is 28.3 Å². The number of rotatable bonds is 1. The minimum atomic E-state index is -0.861. The highest BCUT2D eigenvalue weighted by Gasteiger charge is 2.28. The van der Waals surface area contributed by atoms with Crippen LogP contribution < -0.4 is 5.48 Å². The van der Waals surface area contributed by atoms with E-state index in [4.69, 9.17) is 9.94 Å². The Morgan fingerprint density at radius 1 is 1.90 bits per heavy atom. The van der Waals surface area contributed by atoms with Crippen molar-refractivity contribution in [2.75, 3.05) is 5.94 Å². The van der Waals surface area contributed by atoms with Crippen molar-refractivity contribution in [2.24, 2.45) is 0 Å². The van der Waals surface area contributed by atoms with E-state index in [2.05, 4.69) is 5.48 Å². The summed E-state index contributed by atoms with van der Waals surface area (Å²) in [6.45, 7) is 1.86. The van der Waals surface area contributed by atoms with Crippen LogP contribution in [0.25, 0.3) is 0 Å². The van der Waals surface area contributed by atoms with E-state index < -0.39 is 12.0 Å². The number of carboxylic acids is 1. The average Bonchev–Trinajstić information content (AvgIpc) is 1.88. The van der Waals surface area contributed by atoms with Crippen LogP contribution in [0.3, 0.4) is 0 Å². The van der Waals surface area contributed by atoms with Crippen LogP contribution in [0.2, 0.25) is 0 Å². The second-order valence-corrected chi connectivity index (χ2v) is 3.38. The Labute approximate surface area is 62.9 Å². The zero-order valence-electron chi connectivity index (χ0n) is 5.53. The third-order valence-corrected chi connectivity index (χ3v) is 2.39. The van der Waals surface area contributed by atoms with Crippen molar-refractivity contribution in [3.63, 3.8) is 0 Å². The fourth-order valence-electron chi connectivity index (χ4n) is 0.708. The number of hydrogen-bond donors (Lipinski definition) is 2. The van der Waals surface area contributed by atoms with Gasteiger partial charge in [-0.05, 0) is 0 Å². The summed E-state index contributed by atoms with van der Waals surface area (Å²) >= 11 is 1.49. The molecule has 0 aromatic heterocycles. The lowest BCUT2D eigenvalue weighted by atomic mass is 10.2. The van der Waals surface area contributed by atoms with Crippen LogP contribution in [0, 0.1) is 0 Å². The van der Waals surface area contributed by atoms with Gasteiger partial charge in [0.25, 0.3) is 0 Å². The summed E-state index contributed by atoms with van der Waals surface area (Å²) in [5, 5.41) is 8.63. The number of aliphatic carboxylic acids is 1. The van der Waals surface area contributed by atoms with Gasteiger partial charge in [-0.15, -0.1) is 11.8 Å². The Hall–Kier alpha value is -0.260. The lowest BCUT2D eigenvalue weighted by molar-refractivity contribution is -0.143. The number of nitrogens with one attached hydrogen (secondary N) is 1. The van der Waals surface area contributed by atoms with E-state index in [9.17, 15) is 4.79 Å². The highest BCUT2D eigenvalue weighted by atomic mass is 32.2. The molecule has 5 heteroatoms. The fraction of sp³-hybridized carbons (Fsp3) is 0.800. The Balaban J connectivity index is 2.47.